The van der Waals surface area contributed by atoms with Crippen molar-refractivity contribution in [3.8, 4) is 33.4 Å². The lowest BCUT2D eigenvalue weighted by atomic mass is 9.96. The molecule has 0 bridgehead atoms. The van der Waals surface area contributed by atoms with Crippen LogP contribution in [0.5, 0.6) is 0 Å². The third kappa shape index (κ3) is 4.77. The summed E-state index contributed by atoms with van der Waals surface area (Å²) < 4.78 is 58.2. The van der Waals surface area contributed by atoms with Crippen molar-refractivity contribution in [1.82, 2.24) is 0 Å². The van der Waals surface area contributed by atoms with E-state index >= 15 is 0 Å². The molecule has 4 rings (SSSR count). The van der Waals surface area contributed by atoms with Crippen LogP contribution in [0.4, 0.5) is 17.6 Å². The molecular weight excluding hydrogens is 436 g/mol. The Morgan fingerprint density at radius 2 is 1.00 bits per heavy atom. The summed E-state index contributed by atoms with van der Waals surface area (Å²) in [4.78, 5) is 0. The smallest absolute Gasteiger partial charge is 0.166 e. The van der Waals surface area contributed by atoms with E-state index in [2.05, 4.69) is 0 Å². The Bertz CT molecular complexity index is 1310. The largest absolute Gasteiger partial charge is 0.207 e. The summed E-state index contributed by atoms with van der Waals surface area (Å²) in [6.07, 6.45) is 2.70. The van der Waals surface area contributed by atoms with E-state index in [1.54, 1.807) is 60.7 Å². The molecule has 0 heterocycles. The third-order valence-electron chi connectivity index (χ3n) is 6.06. The van der Waals surface area contributed by atoms with Crippen molar-refractivity contribution in [3.05, 3.63) is 107 Å². The highest BCUT2D eigenvalue weighted by molar-refractivity contribution is 5.74. The first-order valence-corrected chi connectivity index (χ1v) is 11.6. The molecular formula is C30H26F4. The lowest BCUT2D eigenvalue weighted by Crippen LogP contribution is -1.97. The molecule has 0 radical (unpaired) electrons. The Morgan fingerprint density at radius 1 is 0.471 bits per heavy atom. The molecule has 0 aromatic heterocycles. The molecule has 0 amide bonds. The van der Waals surface area contributed by atoms with Gasteiger partial charge in [0.15, 0.2) is 11.6 Å². The fourth-order valence-corrected chi connectivity index (χ4v) is 4.23. The van der Waals surface area contributed by atoms with Gasteiger partial charge in [-0.15, -0.1) is 0 Å². The highest BCUT2D eigenvalue weighted by Gasteiger charge is 2.15. The summed E-state index contributed by atoms with van der Waals surface area (Å²) in [5, 5.41) is 0. The Morgan fingerprint density at radius 3 is 1.65 bits per heavy atom. The lowest BCUT2D eigenvalue weighted by Gasteiger charge is -2.11. The Kier molecular flexibility index (Phi) is 7.16. The maximum Gasteiger partial charge on any atom is 0.166 e. The minimum atomic E-state index is -0.855. The van der Waals surface area contributed by atoms with Crippen LogP contribution in [0.15, 0.2) is 72.8 Å². The molecule has 0 atom stereocenters. The van der Waals surface area contributed by atoms with E-state index in [9.17, 15) is 17.6 Å². The van der Waals surface area contributed by atoms with Crippen LogP contribution in [0.2, 0.25) is 0 Å². The summed E-state index contributed by atoms with van der Waals surface area (Å²) in [5.41, 5.74) is 3.92. The van der Waals surface area contributed by atoms with Gasteiger partial charge in [0.1, 0.15) is 11.6 Å². The van der Waals surface area contributed by atoms with E-state index in [4.69, 9.17) is 0 Å². The molecule has 0 N–H and O–H groups in total. The zero-order valence-electron chi connectivity index (χ0n) is 19.3. The predicted molar refractivity (Wildman–Crippen MR) is 131 cm³/mol. The lowest BCUT2D eigenvalue weighted by molar-refractivity contribution is 0.500. The van der Waals surface area contributed by atoms with Gasteiger partial charge in [-0.2, -0.15) is 0 Å². The van der Waals surface area contributed by atoms with Gasteiger partial charge in [0.25, 0.3) is 0 Å². The van der Waals surface area contributed by atoms with Crippen LogP contribution in [0.1, 0.15) is 37.8 Å². The average Bonchev–Trinajstić information content (AvgIpc) is 2.84. The number of benzene rings is 4. The van der Waals surface area contributed by atoms with Crippen LogP contribution in [-0.4, -0.2) is 0 Å². The number of hydrogen-bond acceptors (Lipinski definition) is 0. The second-order valence-corrected chi connectivity index (χ2v) is 8.48. The van der Waals surface area contributed by atoms with E-state index < -0.39 is 17.5 Å². The second-order valence-electron chi connectivity index (χ2n) is 8.48. The minimum absolute atomic E-state index is 0.193. The van der Waals surface area contributed by atoms with Gasteiger partial charge in [-0.1, -0.05) is 87.4 Å². The molecule has 34 heavy (non-hydrogen) atoms. The molecule has 0 aliphatic carbocycles. The molecule has 0 unspecified atom stereocenters. The number of aryl methyl sites for hydroxylation is 2. The second kappa shape index (κ2) is 10.3. The predicted octanol–water partition coefficient (Wildman–Crippen LogP) is 9.15. The van der Waals surface area contributed by atoms with Crippen LogP contribution in [0.25, 0.3) is 33.4 Å². The van der Waals surface area contributed by atoms with Gasteiger partial charge >= 0.3 is 0 Å². The Labute approximate surface area is 197 Å². The quantitative estimate of drug-likeness (QED) is 0.240. The van der Waals surface area contributed by atoms with Crippen molar-refractivity contribution < 1.29 is 17.6 Å². The normalized spacial score (nSPS) is 11.1. The molecule has 0 fully saturated rings. The molecule has 0 nitrogen and oxygen atoms in total. The highest BCUT2D eigenvalue weighted by atomic mass is 19.2. The molecule has 4 aromatic rings. The van der Waals surface area contributed by atoms with E-state index in [1.165, 1.54) is 12.1 Å². The first-order chi connectivity index (χ1) is 16.4. The molecule has 0 aliphatic heterocycles. The Hall–Kier alpha value is -3.40. The average molecular weight is 463 g/mol. The molecule has 174 valence electrons. The molecule has 4 aromatic carbocycles. The van der Waals surface area contributed by atoms with E-state index in [1.807, 2.05) is 13.8 Å². The Balaban J connectivity index is 1.60. The zero-order chi connectivity index (χ0) is 24.2. The van der Waals surface area contributed by atoms with Gasteiger partial charge in [0.05, 0.1) is 0 Å². The van der Waals surface area contributed by atoms with Gasteiger partial charge in [-0.3, -0.25) is 0 Å². The molecule has 0 saturated heterocycles. The first kappa shape index (κ1) is 23.7. The zero-order valence-corrected chi connectivity index (χ0v) is 19.3. The number of halogens is 4. The third-order valence-corrected chi connectivity index (χ3v) is 6.06. The van der Waals surface area contributed by atoms with Crippen LogP contribution in [0, 0.1) is 23.3 Å². The summed E-state index contributed by atoms with van der Waals surface area (Å²) in [7, 11) is 0. The molecule has 0 saturated carbocycles. The van der Waals surface area contributed by atoms with Crippen molar-refractivity contribution >= 4 is 0 Å². The standard InChI is InChI=1S/C30H26F4/c1-3-5-21-11-12-24(18-27(21)31)25-15-14-23(17-28(25)32)19-7-9-20(10-8-19)26-16-13-22(6-4-2)29(33)30(26)34/h7-18H,3-6H2,1-2H3. The number of hydrogen-bond donors (Lipinski definition) is 0. The first-order valence-electron chi connectivity index (χ1n) is 11.6. The minimum Gasteiger partial charge on any atom is -0.207 e. The molecule has 0 aliphatic rings. The van der Waals surface area contributed by atoms with Gasteiger partial charge in [0.2, 0.25) is 0 Å². The maximum atomic E-state index is 14.9. The summed E-state index contributed by atoms with van der Waals surface area (Å²) in [6.45, 7) is 3.90. The summed E-state index contributed by atoms with van der Waals surface area (Å²) in [5.74, 6) is -2.44. The van der Waals surface area contributed by atoms with Gasteiger partial charge < -0.3 is 0 Å². The highest BCUT2D eigenvalue weighted by Crippen LogP contribution is 2.32. The summed E-state index contributed by atoms with van der Waals surface area (Å²) >= 11 is 0. The molecule has 0 spiro atoms. The van der Waals surface area contributed by atoms with E-state index in [-0.39, 0.29) is 11.4 Å². The monoisotopic (exact) mass is 462 g/mol. The van der Waals surface area contributed by atoms with Crippen molar-refractivity contribution in [1.29, 1.82) is 0 Å². The van der Waals surface area contributed by atoms with Crippen LogP contribution >= 0.6 is 0 Å². The van der Waals surface area contributed by atoms with Gasteiger partial charge in [-0.05, 0) is 58.4 Å². The van der Waals surface area contributed by atoms with Gasteiger partial charge in [0, 0.05) is 11.1 Å². The van der Waals surface area contributed by atoms with Crippen molar-refractivity contribution in [2.75, 3.05) is 0 Å². The van der Waals surface area contributed by atoms with E-state index in [0.717, 1.165) is 18.4 Å². The fraction of sp³-hybridized carbons (Fsp3) is 0.200. The molecule has 4 heteroatoms. The fourth-order valence-electron chi connectivity index (χ4n) is 4.23. The van der Waals surface area contributed by atoms with Crippen LogP contribution < -0.4 is 0 Å². The van der Waals surface area contributed by atoms with Gasteiger partial charge in [-0.25, -0.2) is 17.6 Å². The van der Waals surface area contributed by atoms with Crippen molar-refractivity contribution in [2.24, 2.45) is 0 Å². The topological polar surface area (TPSA) is 0 Å². The van der Waals surface area contributed by atoms with Crippen LogP contribution in [-0.2, 0) is 12.8 Å². The maximum absolute atomic E-state index is 14.9. The van der Waals surface area contributed by atoms with Crippen molar-refractivity contribution in [2.45, 2.75) is 39.5 Å². The van der Waals surface area contributed by atoms with Crippen molar-refractivity contribution in [3.63, 3.8) is 0 Å². The number of rotatable bonds is 7. The van der Waals surface area contributed by atoms with E-state index in [0.29, 0.717) is 46.2 Å². The SMILES string of the molecule is CCCc1ccc(-c2ccc(-c3ccc(-c4ccc(CCC)c(F)c4F)cc3)cc2F)cc1F. The summed E-state index contributed by atoms with van der Waals surface area (Å²) in [6, 6.07) is 19.7. The van der Waals surface area contributed by atoms with Crippen LogP contribution in [0.3, 0.4) is 0 Å².